The summed E-state index contributed by atoms with van der Waals surface area (Å²) in [6.45, 7) is 3.84. The minimum absolute atomic E-state index is 0.139. The Bertz CT molecular complexity index is 166. The highest BCUT2D eigenvalue weighted by Gasteiger charge is 2.30. The molecule has 1 rings (SSSR count). The number of imide groups is 1. The summed E-state index contributed by atoms with van der Waals surface area (Å²) in [5.41, 5.74) is -0.139. The summed E-state index contributed by atoms with van der Waals surface area (Å²) in [6, 6.07) is 0. The Labute approximate surface area is 59.8 Å². The second kappa shape index (κ2) is 2.08. The average Bonchev–Trinajstić information content (AvgIpc) is 1.54. The molecule has 0 saturated carbocycles. The molecule has 0 atom stereocenters. The van der Waals surface area contributed by atoms with Crippen LogP contribution in [0.2, 0.25) is 0 Å². The summed E-state index contributed by atoms with van der Waals surface area (Å²) in [6.07, 6.45) is 0.914. The van der Waals surface area contributed by atoms with Crippen LogP contribution in [0.15, 0.2) is 0 Å². The molecular weight excluding hydrogens is 130 g/mol. The van der Waals surface area contributed by atoms with Gasteiger partial charge in [0.1, 0.15) is 0 Å². The minimum Gasteiger partial charge on any atom is -0.296 e. The van der Waals surface area contributed by atoms with Gasteiger partial charge in [-0.2, -0.15) is 0 Å². The van der Waals surface area contributed by atoms with E-state index in [0.29, 0.717) is 12.8 Å². The normalized spacial score (nSPS) is 24.2. The van der Waals surface area contributed by atoms with Gasteiger partial charge in [0.2, 0.25) is 11.8 Å². The highest BCUT2D eigenvalue weighted by atomic mass is 16.2. The van der Waals surface area contributed by atoms with Crippen LogP contribution in [-0.4, -0.2) is 11.8 Å². The smallest absolute Gasteiger partial charge is 0.227 e. The minimum atomic E-state index is -0.152. The fourth-order valence-electron chi connectivity index (χ4n) is 1.18. The number of carbonyl (C=O) groups excluding carboxylic acids is 2. The van der Waals surface area contributed by atoms with Crippen molar-refractivity contribution in [3.8, 4) is 0 Å². The van der Waals surface area contributed by atoms with E-state index in [1.807, 2.05) is 13.8 Å². The van der Waals surface area contributed by atoms with E-state index in [0.717, 1.165) is 0 Å². The van der Waals surface area contributed by atoms with Crippen molar-refractivity contribution >= 4 is 11.8 Å². The number of carbonyl (C=O) groups is 2. The van der Waals surface area contributed by atoms with Gasteiger partial charge in [0, 0.05) is 12.8 Å². The van der Waals surface area contributed by atoms with E-state index in [1.165, 1.54) is 0 Å². The topological polar surface area (TPSA) is 46.2 Å². The second-order valence-electron chi connectivity index (χ2n) is 3.49. The molecule has 1 aliphatic rings. The molecule has 1 fully saturated rings. The van der Waals surface area contributed by atoms with Crippen molar-refractivity contribution in [2.24, 2.45) is 5.41 Å². The van der Waals surface area contributed by atoms with Crippen LogP contribution < -0.4 is 5.32 Å². The highest BCUT2D eigenvalue weighted by Crippen LogP contribution is 2.27. The summed E-state index contributed by atoms with van der Waals surface area (Å²) in [5.74, 6) is -0.303. The van der Waals surface area contributed by atoms with Crippen LogP contribution in [0.1, 0.15) is 26.7 Å². The number of rotatable bonds is 0. The van der Waals surface area contributed by atoms with Crippen molar-refractivity contribution in [2.75, 3.05) is 0 Å². The molecule has 1 heterocycles. The molecule has 56 valence electrons. The lowest BCUT2D eigenvalue weighted by atomic mass is 9.83. The van der Waals surface area contributed by atoms with Crippen LogP contribution in [0.5, 0.6) is 0 Å². The first kappa shape index (κ1) is 7.25. The molecule has 0 spiro atoms. The third-order valence-electron chi connectivity index (χ3n) is 1.56. The van der Waals surface area contributed by atoms with Gasteiger partial charge in [0.05, 0.1) is 0 Å². The van der Waals surface area contributed by atoms with Gasteiger partial charge in [0.15, 0.2) is 0 Å². The van der Waals surface area contributed by atoms with Gasteiger partial charge in [-0.15, -0.1) is 0 Å². The van der Waals surface area contributed by atoms with Crippen LogP contribution in [-0.2, 0) is 9.59 Å². The van der Waals surface area contributed by atoms with E-state index < -0.39 is 0 Å². The lowest BCUT2D eigenvalue weighted by molar-refractivity contribution is -0.136. The monoisotopic (exact) mass is 141 g/mol. The Balaban J connectivity index is 2.68. The molecule has 3 nitrogen and oxygen atoms in total. The molecule has 0 unspecified atom stereocenters. The molecule has 2 amide bonds. The van der Waals surface area contributed by atoms with Gasteiger partial charge in [-0.1, -0.05) is 13.8 Å². The van der Waals surface area contributed by atoms with Crippen molar-refractivity contribution in [3.63, 3.8) is 0 Å². The number of nitrogens with one attached hydrogen (secondary N) is 1. The molecule has 1 aliphatic heterocycles. The zero-order chi connectivity index (χ0) is 7.78. The van der Waals surface area contributed by atoms with Crippen molar-refractivity contribution in [1.82, 2.24) is 5.32 Å². The van der Waals surface area contributed by atoms with E-state index in [2.05, 4.69) is 5.32 Å². The van der Waals surface area contributed by atoms with Crippen LogP contribution in [0.3, 0.4) is 0 Å². The Morgan fingerprint density at radius 1 is 1.20 bits per heavy atom. The van der Waals surface area contributed by atoms with Crippen molar-refractivity contribution < 1.29 is 9.59 Å². The third-order valence-corrected chi connectivity index (χ3v) is 1.56. The second-order valence-corrected chi connectivity index (χ2v) is 3.49. The summed E-state index contributed by atoms with van der Waals surface area (Å²) in [7, 11) is 0. The van der Waals surface area contributed by atoms with E-state index in [9.17, 15) is 9.59 Å². The van der Waals surface area contributed by atoms with E-state index in [-0.39, 0.29) is 17.2 Å². The van der Waals surface area contributed by atoms with Crippen molar-refractivity contribution in [1.29, 1.82) is 0 Å². The maximum Gasteiger partial charge on any atom is 0.227 e. The van der Waals surface area contributed by atoms with Gasteiger partial charge < -0.3 is 0 Å². The number of amides is 2. The molecule has 3 heteroatoms. The molecule has 0 aromatic rings. The largest absolute Gasteiger partial charge is 0.296 e. The Hall–Kier alpha value is -0.860. The van der Waals surface area contributed by atoms with Gasteiger partial charge in [-0.25, -0.2) is 0 Å². The lowest BCUT2D eigenvalue weighted by Gasteiger charge is -2.27. The van der Waals surface area contributed by atoms with Gasteiger partial charge in [0.25, 0.3) is 0 Å². The molecule has 0 aromatic carbocycles. The van der Waals surface area contributed by atoms with Crippen molar-refractivity contribution in [2.45, 2.75) is 26.7 Å². The molecule has 10 heavy (non-hydrogen) atoms. The van der Waals surface area contributed by atoms with E-state index in [4.69, 9.17) is 0 Å². The fourth-order valence-corrected chi connectivity index (χ4v) is 1.18. The average molecular weight is 141 g/mol. The van der Waals surface area contributed by atoms with Gasteiger partial charge >= 0.3 is 0 Å². The molecule has 0 bridgehead atoms. The number of hydrogen-bond donors (Lipinski definition) is 1. The number of piperidine rings is 1. The predicted octanol–water partition coefficient (Wildman–Crippen LogP) is 0.449. The lowest BCUT2D eigenvalue weighted by Crippen LogP contribution is -2.42. The quantitative estimate of drug-likeness (QED) is 0.498. The maximum atomic E-state index is 10.8. The molecule has 1 N–H and O–H groups in total. The molecule has 0 aromatic heterocycles. The summed E-state index contributed by atoms with van der Waals surface area (Å²) in [4.78, 5) is 21.5. The standard InChI is InChI=1S/C7H11NO2/c1-7(2)3-5(9)8-6(10)4-7/h3-4H2,1-2H3,(H,8,9,10). The Morgan fingerprint density at radius 3 is 1.90 bits per heavy atom. The number of hydrogen-bond acceptors (Lipinski definition) is 2. The van der Waals surface area contributed by atoms with Crippen LogP contribution >= 0.6 is 0 Å². The van der Waals surface area contributed by atoms with Crippen LogP contribution in [0, 0.1) is 5.41 Å². The van der Waals surface area contributed by atoms with Crippen LogP contribution in [0.25, 0.3) is 0 Å². The fraction of sp³-hybridized carbons (Fsp3) is 0.714. The van der Waals surface area contributed by atoms with E-state index in [1.54, 1.807) is 0 Å². The van der Waals surface area contributed by atoms with Gasteiger partial charge in [-0.05, 0) is 5.41 Å². The zero-order valence-corrected chi connectivity index (χ0v) is 6.23. The van der Waals surface area contributed by atoms with Gasteiger partial charge in [-0.3, -0.25) is 14.9 Å². The van der Waals surface area contributed by atoms with E-state index >= 15 is 0 Å². The zero-order valence-electron chi connectivity index (χ0n) is 6.23. The van der Waals surface area contributed by atoms with Crippen molar-refractivity contribution in [3.05, 3.63) is 0 Å². The third kappa shape index (κ3) is 1.56. The predicted molar refractivity (Wildman–Crippen MR) is 36.2 cm³/mol. The molecule has 0 aliphatic carbocycles. The van der Waals surface area contributed by atoms with Crippen LogP contribution in [0.4, 0.5) is 0 Å². The summed E-state index contributed by atoms with van der Waals surface area (Å²) in [5, 5.41) is 2.26. The molecule has 1 saturated heterocycles. The Morgan fingerprint density at radius 2 is 1.60 bits per heavy atom. The Kier molecular flexibility index (Phi) is 1.50. The molecular formula is C7H11NO2. The summed E-state index contributed by atoms with van der Waals surface area (Å²) >= 11 is 0. The first-order chi connectivity index (χ1) is 4.49. The first-order valence-corrected chi connectivity index (χ1v) is 3.32. The highest BCUT2D eigenvalue weighted by molar-refractivity contribution is 5.98. The molecule has 0 radical (unpaired) electrons. The first-order valence-electron chi connectivity index (χ1n) is 3.32. The summed E-state index contributed by atoms with van der Waals surface area (Å²) < 4.78 is 0. The SMILES string of the molecule is CC1(C)CC(=O)NC(=O)C1. The maximum absolute atomic E-state index is 10.8.